The highest BCUT2D eigenvalue weighted by Gasteiger charge is 1.96. The first-order valence-corrected chi connectivity index (χ1v) is 9.18. The average Bonchev–Trinajstić information content (AvgIpc) is 2.50. The Bertz CT molecular complexity index is 290. The summed E-state index contributed by atoms with van der Waals surface area (Å²) in [6.07, 6.45) is 18.4. The van der Waals surface area contributed by atoms with Gasteiger partial charge in [-0.05, 0) is 19.8 Å². The second-order valence-electron chi connectivity index (χ2n) is 6.42. The molecule has 22 heavy (non-hydrogen) atoms. The summed E-state index contributed by atoms with van der Waals surface area (Å²) in [5, 5.41) is 3.47. The van der Waals surface area contributed by atoms with Crippen LogP contribution in [0.5, 0.6) is 0 Å². The Morgan fingerprint density at radius 1 is 0.682 bits per heavy atom. The molecule has 0 aliphatic heterocycles. The van der Waals surface area contributed by atoms with Gasteiger partial charge in [0.1, 0.15) is 11.6 Å². The van der Waals surface area contributed by atoms with Crippen molar-refractivity contribution in [1.82, 2.24) is 0 Å². The number of rotatable bonds is 16. The van der Waals surface area contributed by atoms with E-state index in [1.54, 1.807) is 6.92 Å². The zero-order valence-electron chi connectivity index (χ0n) is 14.6. The summed E-state index contributed by atoms with van der Waals surface area (Å²) < 4.78 is 0. The number of carbonyl (C=O) groups is 1. The zero-order chi connectivity index (χ0) is 16.5. The lowest BCUT2D eigenvalue weighted by molar-refractivity contribution is -0.117. The van der Waals surface area contributed by atoms with Crippen LogP contribution in [-0.2, 0) is 4.79 Å². The summed E-state index contributed by atoms with van der Waals surface area (Å²) in [5.74, 6) is 5.99. The summed E-state index contributed by atoms with van der Waals surface area (Å²) in [6.45, 7) is 1.68. The number of hydrogen-bond acceptors (Lipinski definition) is 3. The Kier molecular flexibility index (Phi) is 15.5. The molecule has 0 aromatic rings. The number of ketones is 1. The maximum Gasteiger partial charge on any atom is 0.129 e. The number of hydrazone groups is 1. The van der Waals surface area contributed by atoms with Crippen LogP contribution >= 0.6 is 0 Å². The van der Waals surface area contributed by atoms with Crippen molar-refractivity contribution >= 4 is 11.6 Å². The molecule has 0 aromatic heterocycles. The molecule has 0 saturated carbocycles. The van der Waals surface area contributed by atoms with Gasteiger partial charge in [0.15, 0.2) is 0 Å². The normalized spacial score (nSPS) is 11.8. The molecule has 0 spiro atoms. The van der Waals surface area contributed by atoms with Gasteiger partial charge in [-0.25, -0.2) is 0 Å². The first-order chi connectivity index (χ1) is 10.7. The Labute approximate surface area is 137 Å². The first-order valence-electron chi connectivity index (χ1n) is 9.18. The third-order valence-corrected chi connectivity index (χ3v) is 4.13. The van der Waals surface area contributed by atoms with Crippen LogP contribution < -0.4 is 11.6 Å². The average molecular weight is 312 g/mol. The minimum Gasteiger partial charge on any atom is -0.386 e. The van der Waals surface area contributed by atoms with Crippen LogP contribution in [0.3, 0.4) is 0 Å². The minimum atomic E-state index is 0.330. The molecule has 0 fully saturated rings. The van der Waals surface area contributed by atoms with E-state index in [1.807, 2.05) is 0 Å². The molecule has 4 nitrogen and oxygen atoms in total. The fourth-order valence-electron chi connectivity index (χ4n) is 2.69. The number of carbonyl (C=O) groups excluding carboxylic acids is 1. The lowest BCUT2D eigenvalue weighted by atomic mass is 10.0. The molecule has 0 heterocycles. The number of nitrogens with zero attached hydrogens (tertiary/aromatic N) is 1. The van der Waals surface area contributed by atoms with E-state index in [4.69, 9.17) is 11.6 Å². The predicted molar refractivity (Wildman–Crippen MR) is 95.7 cm³/mol. The predicted octanol–water partition coefficient (Wildman–Crippen LogP) is 4.66. The van der Waals surface area contributed by atoms with Crippen molar-refractivity contribution in [1.29, 1.82) is 0 Å². The minimum absolute atomic E-state index is 0.330. The van der Waals surface area contributed by atoms with Gasteiger partial charge in [0, 0.05) is 12.8 Å². The Morgan fingerprint density at radius 2 is 1.00 bits per heavy atom. The van der Waals surface area contributed by atoms with Gasteiger partial charge >= 0.3 is 0 Å². The number of hydrogen-bond donors (Lipinski definition) is 2. The molecule has 0 saturated heterocycles. The van der Waals surface area contributed by atoms with Crippen LogP contribution in [0.4, 0.5) is 0 Å². The van der Waals surface area contributed by atoms with Gasteiger partial charge in [-0.2, -0.15) is 5.10 Å². The fourth-order valence-corrected chi connectivity index (χ4v) is 2.69. The Morgan fingerprint density at radius 3 is 1.32 bits per heavy atom. The topological polar surface area (TPSA) is 81.5 Å². The summed E-state index contributed by atoms with van der Waals surface area (Å²) in [5.41, 5.74) is 5.54. The molecule has 0 atom stereocenters. The van der Waals surface area contributed by atoms with Crippen LogP contribution in [0.2, 0.25) is 0 Å². The Balaban J connectivity index is 3.04. The quantitative estimate of drug-likeness (QED) is 0.143. The summed E-state index contributed by atoms with van der Waals surface area (Å²) in [7, 11) is 0. The maximum atomic E-state index is 10.8. The molecule has 0 amide bonds. The Hall–Kier alpha value is -1.06. The molecule has 0 unspecified atom stereocenters. The molecular formula is C18H37N3O. The van der Waals surface area contributed by atoms with Crippen LogP contribution in [0.1, 0.15) is 103 Å². The van der Waals surface area contributed by atoms with Crippen molar-refractivity contribution in [3.63, 3.8) is 0 Å². The van der Waals surface area contributed by atoms with Crippen molar-refractivity contribution in [2.24, 2.45) is 16.7 Å². The van der Waals surface area contributed by atoms with E-state index in [-0.39, 0.29) is 0 Å². The second-order valence-corrected chi connectivity index (χ2v) is 6.42. The summed E-state index contributed by atoms with van der Waals surface area (Å²) >= 11 is 0. The van der Waals surface area contributed by atoms with Crippen molar-refractivity contribution in [2.75, 3.05) is 0 Å². The molecule has 0 aliphatic carbocycles. The van der Waals surface area contributed by atoms with Crippen LogP contribution in [0, 0.1) is 0 Å². The van der Waals surface area contributed by atoms with Gasteiger partial charge in [-0.1, -0.05) is 70.6 Å². The zero-order valence-corrected chi connectivity index (χ0v) is 14.6. The summed E-state index contributed by atoms with van der Waals surface area (Å²) in [6, 6.07) is 0. The molecule has 4 heteroatoms. The molecule has 0 aromatic carbocycles. The fraction of sp³-hybridized carbons (Fsp3) is 0.889. The van der Waals surface area contributed by atoms with E-state index in [0.717, 1.165) is 25.7 Å². The van der Waals surface area contributed by atoms with Crippen molar-refractivity contribution in [3.05, 3.63) is 0 Å². The maximum absolute atomic E-state index is 10.8. The molecule has 130 valence electrons. The van der Waals surface area contributed by atoms with Gasteiger partial charge in [0.05, 0.1) is 0 Å². The van der Waals surface area contributed by atoms with E-state index >= 15 is 0 Å². The number of unbranched alkanes of at least 4 members (excludes halogenated alkanes) is 12. The third kappa shape index (κ3) is 17.0. The highest BCUT2D eigenvalue weighted by atomic mass is 16.1. The monoisotopic (exact) mass is 311 g/mol. The lowest BCUT2D eigenvalue weighted by Crippen LogP contribution is -2.13. The second kappa shape index (κ2) is 16.3. The number of amidine groups is 1. The smallest absolute Gasteiger partial charge is 0.129 e. The highest BCUT2D eigenvalue weighted by molar-refractivity contribution is 5.79. The molecule has 0 aliphatic rings. The van der Waals surface area contributed by atoms with Crippen molar-refractivity contribution < 1.29 is 4.79 Å². The van der Waals surface area contributed by atoms with Gasteiger partial charge in [0.2, 0.25) is 0 Å². The van der Waals surface area contributed by atoms with Gasteiger partial charge in [0.25, 0.3) is 0 Å². The highest BCUT2D eigenvalue weighted by Crippen LogP contribution is 2.13. The number of Topliss-reactive ketones (excluding diaryl/α,β-unsaturated/α-hetero) is 1. The van der Waals surface area contributed by atoms with E-state index in [1.165, 1.54) is 70.6 Å². The van der Waals surface area contributed by atoms with Gasteiger partial charge in [-0.15, -0.1) is 0 Å². The van der Waals surface area contributed by atoms with E-state index in [0.29, 0.717) is 11.6 Å². The van der Waals surface area contributed by atoms with Crippen molar-refractivity contribution in [2.45, 2.75) is 103 Å². The van der Waals surface area contributed by atoms with Crippen LogP contribution in [0.25, 0.3) is 0 Å². The van der Waals surface area contributed by atoms with Gasteiger partial charge < -0.3 is 16.4 Å². The largest absolute Gasteiger partial charge is 0.386 e. The van der Waals surface area contributed by atoms with Crippen LogP contribution in [0.15, 0.2) is 5.10 Å². The lowest BCUT2D eigenvalue weighted by Gasteiger charge is -2.03. The first kappa shape index (κ1) is 20.9. The standard InChI is InChI=1S/C18H37N3O/c1-17(22)15-13-11-9-7-5-3-2-4-6-8-10-12-14-16-18(19)21-20/h2-16,20H2,1H3,(H2,19,21). The SMILES string of the molecule is CC(=O)CCCCCCCCCCCCCCCC(N)=NN. The van der Waals surface area contributed by atoms with E-state index in [9.17, 15) is 4.79 Å². The third-order valence-electron chi connectivity index (χ3n) is 4.13. The molecule has 0 rings (SSSR count). The molecule has 4 N–H and O–H groups in total. The molecule has 0 bridgehead atoms. The number of nitrogens with two attached hydrogens (primary N) is 2. The molecule has 0 radical (unpaired) electrons. The van der Waals surface area contributed by atoms with Gasteiger partial charge in [-0.3, -0.25) is 0 Å². The van der Waals surface area contributed by atoms with E-state index in [2.05, 4.69) is 5.10 Å². The van der Waals surface area contributed by atoms with Crippen LogP contribution in [-0.4, -0.2) is 11.6 Å². The molecular weight excluding hydrogens is 274 g/mol. The van der Waals surface area contributed by atoms with Crippen molar-refractivity contribution in [3.8, 4) is 0 Å². The van der Waals surface area contributed by atoms with E-state index < -0.39 is 0 Å². The summed E-state index contributed by atoms with van der Waals surface area (Å²) in [4.78, 5) is 10.8.